The topological polar surface area (TPSA) is 130 Å². The van der Waals surface area contributed by atoms with Crippen molar-refractivity contribution in [2.24, 2.45) is 5.92 Å². The van der Waals surface area contributed by atoms with Gasteiger partial charge in [0.15, 0.2) is 11.6 Å². The maximum Gasteiger partial charge on any atom is 0.303 e. The van der Waals surface area contributed by atoms with Crippen LogP contribution in [0.4, 0.5) is 0 Å². The zero-order chi connectivity index (χ0) is 27.8. The number of aliphatic carboxylic acids is 1. The summed E-state index contributed by atoms with van der Waals surface area (Å²) in [6.07, 6.45) is -0.257. The highest BCUT2D eigenvalue weighted by atomic mass is 16.5. The van der Waals surface area contributed by atoms with Crippen molar-refractivity contribution in [2.75, 3.05) is 13.2 Å². The van der Waals surface area contributed by atoms with Gasteiger partial charge in [-0.15, -0.1) is 0 Å². The number of hydrogen-bond acceptors (Lipinski definition) is 7. The first-order valence-corrected chi connectivity index (χ1v) is 12.1. The Balaban J connectivity index is 1.38. The third-order valence-corrected chi connectivity index (χ3v) is 5.93. The van der Waals surface area contributed by atoms with E-state index in [0.29, 0.717) is 11.1 Å². The van der Waals surface area contributed by atoms with Gasteiger partial charge in [0.1, 0.15) is 23.0 Å². The first-order valence-electron chi connectivity index (χ1n) is 12.1. The van der Waals surface area contributed by atoms with E-state index in [9.17, 15) is 29.7 Å². The molecule has 0 aromatic heterocycles. The van der Waals surface area contributed by atoms with E-state index < -0.39 is 11.9 Å². The molecule has 0 aliphatic rings. The number of ether oxygens (including phenoxy) is 2. The van der Waals surface area contributed by atoms with Crippen LogP contribution in [0.5, 0.6) is 23.0 Å². The monoisotopic (exact) mass is 526 g/mol. The van der Waals surface area contributed by atoms with Gasteiger partial charge >= 0.3 is 5.97 Å². The lowest BCUT2D eigenvalue weighted by Gasteiger charge is -2.18. The summed E-state index contributed by atoms with van der Waals surface area (Å²) < 4.78 is 11.4. The molecule has 39 heavy (non-hydrogen) atoms. The summed E-state index contributed by atoms with van der Waals surface area (Å²) in [5, 5.41) is 30.1. The van der Waals surface area contributed by atoms with E-state index in [1.165, 1.54) is 36.4 Å². The van der Waals surface area contributed by atoms with Gasteiger partial charge in [-0.25, -0.2) is 0 Å². The van der Waals surface area contributed by atoms with Crippen LogP contribution in [0.25, 0.3) is 0 Å². The minimum absolute atomic E-state index is 0.0473. The van der Waals surface area contributed by atoms with Gasteiger partial charge in [0.25, 0.3) is 0 Å². The summed E-state index contributed by atoms with van der Waals surface area (Å²) in [7, 11) is 0. The first kappa shape index (κ1) is 26.9. The second-order valence-corrected chi connectivity index (χ2v) is 8.83. The molecule has 0 radical (unpaired) electrons. The van der Waals surface area contributed by atoms with Gasteiger partial charge in [-0.3, -0.25) is 14.4 Å². The smallest absolute Gasteiger partial charge is 0.303 e. The quantitative estimate of drug-likeness (QED) is 0.217. The summed E-state index contributed by atoms with van der Waals surface area (Å²) >= 11 is 0. The Labute approximate surface area is 224 Å². The Morgan fingerprint density at radius 2 is 1.03 bits per heavy atom. The third-order valence-electron chi connectivity index (χ3n) is 5.93. The molecule has 0 spiro atoms. The maximum absolute atomic E-state index is 12.6. The molecular formula is C31H26O8. The molecule has 4 aromatic carbocycles. The highest BCUT2D eigenvalue weighted by molar-refractivity contribution is 6.11. The van der Waals surface area contributed by atoms with Gasteiger partial charge in [0.05, 0.1) is 30.8 Å². The predicted octanol–water partition coefficient (Wildman–Crippen LogP) is 5.11. The predicted molar refractivity (Wildman–Crippen MR) is 143 cm³/mol. The molecule has 8 nitrogen and oxygen atoms in total. The van der Waals surface area contributed by atoms with Crippen molar-refractivity contribution >= 4 is 17.5 Å². The number of carbonyl (C=O) groups excluding carboxylic acids is 2. The van der Waals surface area contributed by atoms with Crippen LogP contribution >= 0.6 is 0 Å². The molecule has 0 fully saturated rings. The third kappa shape index (κ3) is 7.01. The van der Waals surface area contributed by atoms with Crippen molar-refractivity contribution in [1.29, 1.82) is 0 Å². The van der Waals surface area contributed by atoms with Gasteiger partial charge in [0.2, 0.25) is 0 Å². The van der Waals surface area contributed by atoms with Gasteiger partial charge in [-0.1, -0.05) is 60.7 Å². The molecule has 4 rings (SSSR count). The molecule has 4 aromatic rings. The van der Waals surface area contributed by atoms with Crippen molar-refractivity contribution < 1.29 is 39.2 Å². The summed E-state index contributed by atoms with van der Waals surface area (Å²) in [6.45, 7) is -0.0947. The molecule has 0 atom stereocenters. The van der Waals surface area contributed by atoms with Crippen LogP contribution in [0.15, 0.2) is 97.1 Å². The molecule has 0 heterocycles. The summed E-state index contributed by atoms with van der Waals surface area (Å²) in [5.74, 6) is -2.30. The molecule has 198 valence electrons. The fraction of sp³-hybridized carbons (Fsp3) is 0.129. The van der Waals surface area contributed by atoms with Crippen LogP contribution in [0.3, 0.4) is 0 Å². The largest absolute Gasteiger partial charge is 0.507 e. The highest BCUT2D eigenvalue weighted by Gasteiger charge is 2.19. The second-order valence-electron chi connectivity index (χ2n) is 8.83. The molecule has 0 amide bonds. The molecule has 0 aliphatic heterocycles. The number of benzene rings is 4. The average molecular weight is 527 g/mol. The van der Waals surface area contributed by atoms with Gasteiger partial charge < -0.3 is 24.8 Å². The number of carboxylic acids is 1. The lowest BCUT2D eigenvalue weighted by atomic mass is 10.0. The molecule has 3 N–H and O–H groups in total. The van der Waals surface area contributed by atoms with Crippen molar-refractivity contribution in [3.05, 3.63) is 119 Å². The Bertz CT molecular complexity index is 1360. The average Bonchev–Trinajstić information content (AvgIpc) is 2.94. The number of phenolic OH excluding ortho intramolecular Hbond substituents is 2. The Morgan fingerprint density at radius 1 is 0.615 bits per heavy atom. The zero-order valence-electron chi connectivity index (χ0n) is 20.8. The Morgan fingerprint density at radius 3 is 1.38 bits per heavy atom. The van der Waals surface area contributed by atoms with Crippen molar-refractivity contribution in [3.63, 3.8) is 0 Å². The van der Waals surface area contributed by atoms with Crippen LogP contribution in [0.2, 0.25) is 0 Å². The number of carbonyl (C=O) groups is 3. The molecule has 0 unspecified atom stereocenters. The van der Waals surface area contributed by atoms with Gasteiger partial charge in [-0.05, 0) is 24.3 Å². The van der Waals surface area contributed by atoms with E-state index in [4.69, 9.17) is 9.47 Å². The Kier molecular flexibility index (Phi) is 8.58. The summed E-state index contributed by atoms with van der Waals surface area (Å²) in [4.78, 5) is 36.6. The normalized spacial score (nSPS) is 10.7. The number of rotatable bonds is 12. The van der Waals surface area contributed by atoms with Crippen LogP contribution in [0.1, 0.15) is 38.3 Å². The minimum Gasteiger partial charge on any atom is -0.507 e. The van der Waals surface area contributed by atoms with Crippen molar-refractivity contribution in [2.45, 2.75) is 6.42 Å². The highest BCUT2D eigenvalue weighted by Crippen LogP contribution is 2.28. The van der Waals surface area contributed by atoms with Crippen LogP contribution in [-0.4, -0.2) is 46.1 Å². The first-order chi connectivity index (χ1) is 18.8. The minimum atomic E-state index is -1.05. The van der Waals surface area contributed by atoms with E-state index in [0.717, 1.165) is 0 Å². The van der Waals surface area contributed by atoms with Crippen LogP contribution in [0, 0.1) is 5.92 Å². The van der Waals surface area contributed by atoms with Crippen LogP contribution < -0.4 is 9.47 Å². The second kappa shape index (κ2) is 12.4. The van der Waals surface area contributed by atoms with E-state index >= 15 is 0 Å². The summed E-state index contributed by atoms with van der Waals surface area (Å²) in [5.41, 5.74) is 1.10. The Hall–Kier alpha value is -5.11. The number of carboxylic acid groups (broad SMARTS) is 1. The number of ketones is 2. The molecular weight excluding hydrogens is 500 g/mol. The van der Waals surface area contributed by atoms with Crippen LogP contribution in [-0.2, 0) is 4.79 Å². The summed E-state index contributed by atoms with van der Waals surface area (Å²) in [6, 6.07) is 25.6. The number of hydrogen-bond donors (Lipinski definition) is 3. The molecule has 0 saturated carbocycles. The van der Waals surface area contributed by atoms with Gasteiger partial charge in [0, 0.05) is 29.2 Å². The molecule has 8 heteroatoms. The molecule has 0 bridgehead atoms. The fourth-order valence-electron chi connectivity index (χ4n) is 3.92. The molecule has 0 saturated heterocycles. The lowest BCUT2D eigenvalue weighted by molar-refractivity contribution is -0.138. The standard InChI is InChI=1S/C31H26O8/c32-27-16-23(11-13-25(27)30(36)21-7-3-1-4-8-21)38-18-20(15-29(34)35)19-39-24-12-14-26(28(33)17-24)31(37)22-9-5-2-6-10-22/h1-14,16-17,20,32-33H,15,18-19H2,(H,34,35). The van der Waals surface area contributed by atoms with Crippen molar-refractivity contribution in [3.8, 4) is 23.0 Å². The zero-order valence-corrected chi connectivity index (χ0v) is 20.8. The van der Waals surface area contributed by atoms with E-state index in [-0.39, 0.29) is 65.3 Å². The van der Waals surface area contributed by atoms with E-state index in [2.05, 4.69) is 0 Å². The molecule has 0 aliphatic carbocycles. The maximum atomic E-state index is 12.6. The SMILES string of the molecule is O=C(O)CC(COc1ccc(C(=O)c2ccccc2)c(O)c1)COc1ccc(C(=O)c2ccccc2)c(O)c1. The van der Waals surface area contributed by atoms with E-state index in [1.54, 1.807) is 60.7 Å². The van der Waals surface area contributed by atoms with Crippen molar-refractivity contribution in [1.82, 2.24) is 0 Å². The number of phenols is 2. The van der Waals surface area contributed by atoms with Gasteiger partial charge in [-0.2, -0.15) is 0 Å². The lowest BCUT2D eigenvalue weighted by Crippen LogP contribution is -2.23. The fourth-order valence-corrected chi connectivity index (χ4v) is 3.92. The number of aromatic hydroxyl groups is 2. The van der Waals surface area contributed by atoms with E-state index in [1.807, 2.05) is 0 Å².